The summed E-state index contributed by atoms with van der Waals surface area (Å²) in [6, 6.07) is 0. The van der Waals surface area contributed by atoms with Crippen molar-refractivity contribution in [3.05, 3.63) is 15.9 Å². The van der Waals surface area contributed by atoms with Crippen molar-refractivity contribution in [2.24, 2.45) is 5.92 Å². The summed E-state index contributed by atoms with van der Waals surface area (Å²) in [5, 5.41) is 14.8. The second-order valence-electron chi connectivity index (χ2n) is 4.91. The summed E-state index contributed by atoms with van der Waals surface area (Å²) in [7, 11) is 0. The van der Waals surface area contributed by atoms with Crippen molar-refractivity contribution in [3.63, 3.8) is 0 Å². The van der Waals surface area contributed by atoms with E-state index in [0.29, 0.717) is 12.3 Å². The number of aryl methyl sites for hydroxylation is 2. The van der Waals surface area contributed by atoms with Crippen LogP contribution in [0.2, 0.25) is 0 Å². The maximum atomic E-state index is 10.3. The standard InChI is InChI=1S/C14H25BrN2O/c1-5-8-10(4)13(18)9-12-14(15)11(6-2)16-17(12)7-3/h10,13,18H,5-9H2,1-4H3. The van der Waals surface area contributed by atoms with Crippen molar-refractivity contribution in [2.75, 3.05) is 0 Å². The Bertz CT molecular complexity index is 376. The van der Waals surface area contributed by atoms with Gasteiger partial charge in [0.2, 0.25) is 0 Å². The first-order chi connectivity index (χ1) is 8.54. The third-order valence-electron chi connectivity index (χ3n) is 3.50. The molecular formula is C14H25BrN2O. The van der Waals surface area contributed by atoms with E-state index in [4.69, 9.17) is 0 Å². The Hall–Kier alpha value is -0.350. The molecule has 1 N–H and O–H groups in total. The number of aliphatic hydroxyl groups is 1. The van der Waals surface area contributed by atoms with E-state index in [1.54, 1.807) is 0 Å². The minimum Gasteiger partial charge on any atom is -0.392 e. The Balaban J connectivity index is 2.85. The third kappa shape index (κ3) is 3.58. The van der Waals surface area contributed by atoms with Gasteiger partial charge < -0.3 is 5.11 Å². The van der Waals surface area contributed by atoms with E-state index in [1.807, 2.05) is 4.68 Å². The first kappa shape index (κ1) is 15.7. The molecule has 2 unspecified atom stereocenters. The summed E-state index contributed by atoms with van der Waals surface area (Å²) in [4.78, 5) is 0. The fourth-order valence-electron chi connectivity index (χ4n) is 2.26. The Morgan fingerprint density at radius 1 is 1.33 bits per heavy atom. The molecule has 1 aromatic heterocycles. The number of aromatic nitrogens is 2. The Morgan fingerprint density at radius 3 is 2.50 bits per heavy atom. The number of nitrogens with zero attached hydrogens (tertiary/aromatic N) is 2. The van der Waals surface area contributed by atoms with E-state index in [9.17, 15) is 5.11 Å². The highest BCUT2D eigenvalue weighted by atomic mass is 79.9. The number of rotatable bonds is 7. The van der Waals surface area contributed by atoms with Gasteiger partial charge in [-0.15, -0.1) is 0 Å². The first-order valence-electron chi connectivity index (χ1n) is 6.97. The molecule has 2 atom stereocenters. The normalized spacial score (nSPS) is 14.8. The van der Waals surface area contributed by atoms with Crippen molar-refractivity contribution in [3.8, 4) is 0 Å². The van der Waals surface area contributed by atoms with Gasteiger partial charge in [-0.2, -0.15) is 5.10 Å². The highest BCUT2D eigenvalue weighted by molar-refractivity contribution is 9.10. The van der Waals surface area contributed by atoms with Gasteiger partial charge in [0.15, 0.2) is 0 Å². The molecule has 0 amide bonds. The molecule has 1 aromatic rings. The van der Waals surface area contributed by atoms with E-state index in [-0.39, 0.29) is 6.10 Å². The first-order valence-corrected chi connectivity index (χ1v) is 7.76. The quantitative estimate of drug-likeness (QED) is 0.835. The maximum absolute atomic E-state index is 10.3. The lowest BCUT2D eigenvalue weighted by atomic mass is 9.96. The van der Waals surface area contributed by atoms with E-state index < -0.39 is 0 Å². The molecule has 1 heterocycles. The lowest BCUT2D eigenvalue weighted by molar-refractivity contribution is 0.109. The maximum Gasteiger partial charge on any atom is 0.0766 e. The molecule has 104 valence electrons. The zero-order chi connectivity index (χ0) is 13.7. The van der Waals surface area contributed by atoms with Gasteiger partial charge in [0.25, 0.3) is 0 Å². The third-order valence-corrected chi connectivity index (χ3v) is 4.41. The summed E-state index contributed by atoms with van der Waals surface area (Å²) in [6.07, 6.45) is 3.50. The topological polar surface area (TPSA) is 38.1 Å². The zero-order valence-electron chi connectivity index (χ0n) is 11.9. The second-order valence-corrected chi connectivity index (χ2v) is 5.71. The molecule has 0 aliphatic heterocycles. The molecule has 0 aliphatic carbocycles. The molecule has 0 saturated carbocycles. The van der Waals surface area contributed by atoms with Gasteiger partial charge in [0, 0.05) is 13.0 Å². The largest absolute Gasteiger partial charge is 0.392 e. The van der Waals surface area contributed by atoms with Crippen molar-refractivity contribution in [1.82, 2.24) is 9.78 Å². The molecule has 0 saturated heterocycles. The number of hydrogen-bond acceptors (Lipinski definition) is 2. The highest BCUT2D eigenvalue weighted by Crippen LogP contribution is 2.25. The Morgan fingerprint density at radius 2 is 2.00 bits per heavy atom. The van der Waals surface area contributed by atoms with Crippen LogP contribution in [0.5, 0.6) is 0 Å². The van der Waals surface area contributed by atoms with Crippen LogP contribution in [0.25, 0.3) is 0 Å². The van der Waals surface area contributed by atoms with E-state index >= 15 is 0 Å². The molecule has 0 fully saturated rings. The van der Waals surface area contributed by atoms with Crippen LogP contribution in [0.3, 0.4) is 0 Å². The van der Waals surface area contributed by atoms with Crippen LogP contribution in [0, 0.1) is 5.92 Å². The molecule has 0 aliphatic rings. The van der Waals surface area contributed by atoms with Gasteiger partial charge in [-0.3, -0.25) is 4.68 Å². The highest BCUT2D eigenvalue weighted by Gasteiger charge is 2.20. The van der Waals surface area contributed by atoms with Gasteiger partial charge in [-0.25, -0.2) is 0 Å². The molecule has 18 heavy (non-hydrogen) atoms. The van der Waals surface area contributed by atoms with Gasteiger partial charge >= 0.3 is 0 Å². The summed E-state index contributed by atoms with van der Waals surface area (Å²) in [5.41, 5.74) is 2.21. The van der Waals surface area contributed by atoms with Crippen LogP contribution in [-0.2, 0) is 19.4 Å². The molecule has 4 heteroatoms. The molecule has 0 radical (unpaired) electrons. The number of aliphatic hydroxyl groups excluding tert-OH is 1. The predicted octanol–water partition coefficient (Wildman–Crippen LogP) is 3.57. The number of halogens is 1. The van der Waals surface area contributed by atoms with Crippen LogP contribution < -0.4 is 0 Å². The fraction of sp³-hybridized carbons (Fsp3) is 0.786. The van der Waals surface area contributed by atoms with E-state index in [2.05, 4.69) is 48.7 Å². The summed E-state index contributed by atoms with van der Waals surface area (Å²) < 4.78 is 3.08. The van der Waals surface area contributed by atoms with Gasteiger partial charge in [0.1, 0.15) is 0 Å². The van der Waals surface area contributed by atoms with Crippen LogP contribution in [0.4, 0.5) is 0 Å². The van der Waals surface area contributed by atoms with Crippen LogP contribution in [0.15, 0.2) is 4.47 Å². The fourth-order valence-corrected chi connectivity index (χ4v) is 2.99. The van der Waals surface area contributed by atoms with Crippen LogP contribution in [-0.4, -0.2) is 21.0 Å². The smallest absolute Gasteiger partial charge is 0.0766 e. The van der Waals surface area contributed by atoms with Crippen molar-refractivity contribution >= 4 is 15.9 Å². The average molecular weight is 317 g/mol. The van der Waals surface area contributed by atoms with Gasteiger partial charge in [0.05, 0.1) is 22.0 Å². The monoisotopic (exact) mass is 316 g/mol. The van der Waals surface area contributed by atoms with Crippen LogP contribution in [0.1, 0.15) is 51.9 Å². The van der Waals surface area contributed by atoms with E-state index in [0.717, 1.165) is 41.7 Å². The number of hydrogen-bond donors (Lipinski definition) is 1. The molecule has 0 bridgehead atoms. The molecule has 0 aromatic carbocycles. The van der Waals surface area contributed by atoms with E-state index in [1.165, 1.54) is 0 Å². The lowest BCUT2D eigenvalue weighted by Gasteiger charge is -2.18. The SMILES string of the molecule is CCCC(C)C(O)Cc1c(Br)c(CC)nn1CC. The molecular weight excluding hydrogens is 292 g/mol. The van der Waals surface area contributed by atoms with Crippen molar-refractivity contribution < 1.29 is 5.11 Å². The van der Waals surface area contributed by atoms with Crippen molar-refractivity contribution in [2.45, 2.75) is 66.0 Å². The second kappa shape index (κ2) is 7.29. The molecule has 0 spiro atoms. The molecule has 3 nitrogen and oxygen atoms in total. The Labute approximate surface area is 119 Å². The summed E-state index contributed by atoms with van der Waals surface area (Å²) in [5.74, 6) is 0.340. The summed E-state index contributed by atoms with van der Waals surface area (Å²) >= 11 is 3.63. The zero-order valence-corrected chi connectivity index (χ0v) is 13.5. The minimum atomic E-state index is -0.284. The van der Waals surface area contributed by atoms with Crippen molar-refractivity contribution in [1.29, 1.82) is 0 Å². The Kier molecular flexibility index (Phi) is 6.36. The predicted molar refractivity (Wildman–Crippen MR) is 78.8 cm³/mol. The lowest BCUT2D eigenvalue weighted by Crippen LogP contribution is -2.22. The minimum absolute atomic E-state index is 0.284. The van der Waals surface area contributed by atoms with Crippen LogP contribution >= 0.6 is 15.9 Å². The summed E-state index contributed by atoms with van der Waals surface area (Å²) in [6.45, 7) is 9.32. The van der Waals surface area contributed by atoms with Gasteiger partial charge in [-0.05, 0) is 41.6 Å². The average Bonchev–Trinajstić information content (AvgIpc) is 2.66. The molecule has 1 rings (SSSR count). The van der Waals surface area contributed by atoms with Gasteiger partial charge in [-0.1, -0.05) is 27.2 Å².